The van der Waals surface area contributed by atoms with Crippen molar-refractivity contribution < 1.29 is 22.7 Å². The Morgan fingerprint density at radius 1 is 1.26 bits per heavy atom. The Balaban J connectivity index is 1.54. The van der Waals surface area contributed by atoms with Crippen molar-refractivity contribution in [2.45, 2.75) is 43.8 Å². The number of aromatic nitrogens is 3. The first-order valence-electron chi connectivity index (χ1n) is 10.1. The molecule has 11 heteroatoms. The van der Waals surface area contributed by atoms with Gasteiger partial charge in [-0.25, -0.2) is 0 Å². The van der Waals surface area contributed by atoms with E-state index in [2.05, 4.69) is 9.97 Å². The topological polar surface area (TPSA) is 80.6 Å². The van der Waals surface area contributed by atoms with Gasteiger partial charge in [-0.3, -0.25) is 19.1 Å². The minimum Gasteiger partial charge on any atom is -0.374 e. The number of pyridine rings is 1. The van der Waals surface area contributed by atoms with E-state index < -0.39 is 30.1 Å². The molecule has 31 heavy (non-hydrogen) atoms. The number of ether oxygens (including phenoxy) is 1. The third-order valence-corrected chi connectivity index (χ3v) is 6.12. The van der Waals surface area contributed by atoms with Crippen LogP contribution in [0.2, 0.25) is 0 Å². The molecule has 164 valence electrons. The van der Waals surface area contributed by atoms with Crippen LogP contribution >= 0.6 is 0 Å². The molecule has 3 atom stereocenters. The van der Waals surface area contributed by atoms with Crippen LogP contribution < -0.4 is 15.4 Å². The predicted octanol–water partition coefficient (Wildman–Crippen LogP) is 1.64. The van der Waals surface area contributed by atoms with Gasteiger partial charge in [-0.15, -0.1) is 0 Å². The molecule has 2 bridgehead atoms. The van der Waals surface area contributed by atoms with Crippen LogP contribution in [0.4, 0.5) is 24.9 Å². The molecular formula is C20H20F3N5O3. The van der Waals surface area contributed by atoms with E-state index in [0.717, 1.165) is 11.3 Å². The number of fused-ring (bicyclic) bond motifs is 3. The summed E-state index contributed by atoms with van der Waals surface area (Å²) in [6.45, 7) is 0.388. The second-order valence-electron chi connectivity index (χ2n) is 8.03. The quantitative estimate of drug-likeness (QED) is 0.676. The molecule has 0 aliphatic carbocycles. The van der Waals surface area contributed by atoms with Crippen LogP contribution in [0, 0.1) is 0 Å². The van der Waals surface area contributed by atoms with Gasteiger partial charge in [0.05, 0.1) is 25.3 Å². The molecule has 2 fully saturated rings. The van der Waals surface area contributed by atoms with E-state index in [9.17, 15) is 22.8 Å². The van der Waals surface area contributed by atoms with Gasteiger partial charge < -0.3 is 14.5 Å². The number of hydrogen-bond acceptors (Lipinski definition) is 7. The van der Waals surface area contributed by atoms with Gasteiger partial charge in [-0.1, -0.05) is 0 Å². The Hall–Kier alpha value is -2.95. The van der Waals surface area contributed by atoms with E-state index in [1.165, 1.54) is 35.2 Å². The number of carbonyl (C=O) groups excluding carboxylic acids is 1. The van der Waals surface area contributed by atoms with Crippen LogP contribution in [-0.4, -0.2) is 64.4 Å². The summed E-state index contributed by atoms with van der Waals surface area (Å²) in [5.74, 6) is -0.295. The number of ketones is 1. The Kier molecular flexibility index (Phi) is 4.72. The predicted molar refractivity (Wildman–Crippen MR) is 104 cm³/mol. The highest BCUT2D eigenvalue weighted by atomic mass is 19.4. The third-order valence-electron chi connectivity index (χ3n) is 6.12. The molecule has 0 spiro atoms. The molecule has 2 saturated heterocycles. The lowest BCUT2D eigenvalue weighted by molar-refractivity contribution is -0.152. The van der Waals surface area contributed by atoms with Gasteiger partial charge in [0.2, 0.25) is 5.95 Å². The summed E-state index contributed by atoms with van der Waals surface area (Å²) in [6.07, 6.45) is -1.25. The first kappa shape index (κ1) is 20.0. The van der Waals surface area contributed by atoms with Gasteiger partial charge in [0.15, 0.2) is 5.78 Å². The Morgan fingerprint density at radius 2 is 2.03 bits per heavy atom. The van der Waals surface area contributed by atoms with Crippen LogP contribution in [0.5, 0.6) is 0 Å². The molecule has 3 aliphatic rings. The number of anilines is 2. The lowest BCUT2D eigenvalue weighted by Gasteiger charge is -2.39. The highest BCUT2D eigenvalue weighted by Crippen LogP contribution is 2.36. The minimum absolute atomic E-state index is 0.0397. The summed E-state index contributed by atoms with van der Waals surface area (Å²) in [5.41, 5.74) is -0.175. The van der Waals surface area contributed by atoms with Crippen LogP contribution in [-0.2, 0) is 11.3 Å². The van der Waals surface area contributed by atoms with Crippen molar-refractivity contribution in [2.75, 3.05) is 29.5 Å². The largest absolute Gasteiger partial charge is 0.408 e. The van der Waals surface area contributed by atoms with Crippen LogP contribution in [0.3, 0.4) is 0 Å². The number of halogens is 3. The fraction of sp³-hybridized carbons (Fsp3) is 0.500. The minimum atomic E-state index is -4.57. The molecule has 2 aromatic heterocycles. The number of rotatable bonds is 4. The van der Waals surface area contributed by atoms with Crippen molar-refractivity contribution in [1.82, 2.24) is 14.5 Å². The van der Waals surface area contributed by atoms with E-state index in [1.807, 2.05) is 4.90 Å². The molecule has 0 saturated carbocycles. The van der Waals surface area contributed by atoms with Gasteiger partial charge in [0.1, 0.15) is 11.9 Å². The van der Waals surface area contributed by atoms with Gasteiger partial charge in [-0.05, 0) is 25.0 Å². The molecule has 1 unspecified atom stereocenters. The van der Waals surface area contributed by atoms with Crippen molar-refractivity contribution in [3.8, 4) is 0 Å². The van der Waals surface area contributed by atoms with Gasteiger partial charge >= 0.3 is 6.18 Å². The number of hydrogen-bond donors (Lipinski definition) is 0. The first-order chi connectivity index (χ1) is 14.8. The van der Waals surface area contributed by atoms with Gasteiger partial charge in [0.25, 0.3) is 5.56 Å². The second-order valence-corrected chi connectivity index (χ2v) is 8.03. The fourth-order valence-corrected chi connectivity index (χ4v) is 4.59. The number of morpholine rings is 1. The first-order valence-corrected chi connectivity index (χ1v) is 10.1. The lowest BCUT2D eigenvalue weighted by Crippen LogP contribution is -2.54. The molecule has 0 N–H and O–H groups in total. The number of Topliss-reactive ketones (excluding diaryl/α,β-unsaturated/α-hetero) is 1. The smallest absolute Gasteiger partial charge is 0.374 e. The van der Waals surface area contributed by atoms with E-state index in [4.69, 9.17) is 4.74 Å². The highest BCUT2D eigenvalue weighted by molar-refractivity contribution is 5.99. The average molecular weight is 435 g/mol. The molecule has 3 aliphatic heterocycles. The van der Waals surface area contributed by atoms with E-state index in [0.29, 0.717) is 19.0 Å². The molecule has 0 amide bonds. The Labute approximate surface area is 175 Å². The summed E-state index contributed by atoms with van der Waals surface area (Å²) in [6, 6.07) is 2.41. The van der Waals surface area contributed by atoms with Crippen LogP contribution in [0.25, 0.3) is 0 Å². The zero-order chi connectivity index (χ0) is 21.8. The van der Waals surface area contributed by atoms with E-state index in [1.54, 1.807) is 0 Å². The summed E-state index contributed by atoms with van der Waals surface area (Å²) in [7, 11) is 0. The van der Waals surface area contributed by atoms with E-state index in [-0.39, 0.29) is 36.6 Å². The lowest BCUT2D eigenvalue weighted by atomic mass is 10.1. The molecule has 8 nitrogen and oxygen atoms in total. The van der Waals surface area contributed by atoms with Crippen LogP contribution in [0.1, 0.15) is 23.2 Å². The van der Waals surface area contributed by atoms with Gasteiger partial charge in [0, 0.05) is 37.1 Å². The normalized spacial score (nSPS) is 25.1. The summed E-state index contributed by atoms with van der Waals surface area (Å²) >= 11 is 0. The second kappa shape index (κ2) is 7.33. The van der Waals surface area contributed by atoms with Crippen molar-refractivity contribution in [1.29, 1.82) is 0 Å². The zero-order valence-corrected chi connectivity index (χ0v) is 16.5. The van der Waals surface area contributed by atoms with E-state index >= 15 is 0 Å². The third kappa shape index (κ3) is 3.56. The summed E-state index contributed by atoms with van der Waals surface area (Å²) < 4.78 is 48.4. The van der Waals surface area contributed by atoms with Crippen molar-refractivity contribution >= 4 is 17.5 Å². The molecule has 0 radical (unpaired) electrons. The Morgan fingerprint density at radius 3 is 2.68 bits per heavy atom. The number of carbonyl (C=O) groups is 1. The maximum absolute atomic E-state index is 13.9. The molecule has 2 aromatic rings. The standard InChI is InChI=1S/C20H20F3N5O3/c21-20(22,23)16-3-6-26-18(30)8-17(27-9-14-7-13(27)11-31-14)25-19(26)28(16)10-15(29)12-1-4-24-5-2-12/h1-2,4-5,8,13-14,16H,3,6-7,9-11H2/t13?,14-,16-/m0/s1. The maximum Gasteiger partial charge on any atom is 0.408 e. The SMILES string of the molecule is O=C(CN1c2nc(N3C[C@@H]4CC3CO4)cc(=O)n2CC[C@H]1C(F)(F)F)c1ccncc1. The Bertz CT molecular complexity index is 1060. The maximum atomic E-state index is 13.9. The molecule has 5 rings (SSSR count). The van der Waals surface area contributed by atoms with Crippen molar-refractivity contribution in [3.63, 3.8) is 0 Å². The van der Waals surface area contributed by atoms with Crippen molar-refractivity contribution in [2.24, 2.45) is 0 Å². The molecule has 5 heterocycles. The summed E-state index contributed by atoms with van der Waals surface area (Å²) in [5, 5.41) is 0. The zero-order valence-electron chi connectivity index (χ0n) is 16.5. The average Bonchev–Trinajstić information content (AvgIpc) is 3.37. The summed E-state index contributed by atoms with van der Waals surface area (Å²) in [4.78, 5) is 36.6. The van der Waals surface area contributed by atoms with Crippen molar-refractivity contribution in [3.05, 3.63) is 46.5 Å². The monoisotopic (exact) mass is 435 g/mol. The number of nitrogens with zero attached hydrogens (tertiary/aromatic N) is 5. The molecule has 0 aromatic carbocycles. The number of alkyl halides is 3. The van der Waals surface area contributed by atoms with Gasteiger partial charge in [-0.2, -0.15) is 18.2 Å². The fourth-order valence-electron chi connectivity index (χ4n) is 4.59. The van der Waals surface area contributed by atoms with Crippen LogP contribution in [0.15, 0.2) is 35.4 Å². The highest BCUT2D eigenvalue weighted by Gasteiger charge is 2.48. The molecular weight excluding hydrogens is 415 g/mol.